The van der Waals surface area contributed by atoms with Gasteiger partial charge in [0.25, 0.3) is 11.8 Å². The van der Waals surface area contributed by atoms with E-state index in [-0.39, 0.29) is 17.1 Å². The molecule has 2 amide bonds. The Morgan fingerprint density at radius 1 is 0.968 bits per heavy atom. The van der Waals surface area contributed by atoms with Crippen LogP contribution in [0.5, 0.6) is 5.75 Å². The van der Waals surface area contributed by atoms with Crippen molar-refractivity contribution >= 4 is 17.5 Å². The van der Waals surface area contributed by atoms with E-state index >= 15 is 0 Å². The van der Waals surface area contributed by atoms with Gasteiger partial charge in [0, 0.05) is 0 Å². The first-order valence-electron chi connectivity index (χ1n) is 10.2. The summed E-state index contributed by atoms with van der Waals surface area (Å²) in [6.07, 6.45) is 1.43. The summed E-state index contributed by atoms with van der Waals surface area (Å²) in [5.74, 6) is 0.241. The van der Waals surface area contributed by atoms with Crippen molar-refractivity contribution in [2.24, 2.45) is 0 Å². The number of carbonyl (C=O) groups excluding carboxylic acids is 2. The van der Waals surface area contributed by atoms with Crippen LogP contribution in [0.15, 0.2) is 65.3 Å². The molecular formula is C25H28N2O4. The van der Waals surface area contributed by atoms with Gasteiger partial charge >= 0.3 is 0 Å². The molecule has 1 aromatic heterocycles. The first-order valence-corrected chi connectivity index (χ1v) is 10.2. The van der Waals surface area contributed by atoms with E-state index in [2.05, 4.69) is 43.5 Å². The molecule has 6 heteroatoms. The summed E-state index contributed by atoms with van der Waals surface area (Å²) in [4.78, 5) is 25.1. The van der Waals surface area contributed by atoms with Crippen LogP contribution >= 0.6 is 0 Å². The van der Waals surface area contributed by atoms with Crippen LogP contribution in [0.3, 0.4) is 0 Å². The maximum atomic E-state index is 12.7. The van der Waals surface area contributed by atoms with E-state index in [1.54, 1.807) is 24.3 Å². The van der Waals surface area contributed by atoms with E-state index < -0.39 is 5.91 Å². The summed E-state index contributed by atoms with van der Waals surface area (Å²) in [6, 6.07) is 16.5. The van der Waals surface area contributed by atoms with Crippen molar-refractivity contribution in [3.05, 3.63) is 83.3 Å². The Bertz CT molecular complexity index is 1030. The minimum Gasteiger partial charge on any atom is -0.492 e. The molecule has 0 spiro atoms. The Labute approximate surface area is 182 Å². The smallest absolute Gasteiger partial charge is 0.291 e. The molecule has 0 radical (unpaired) electrons. The quantitative estimate of drug-likeness (QED) is 0.530. The molecule has 31 heavy (non-hydrogen) atoms. The van der Waals surface area contributed by atoms with E-state index in [0.29, 0.717) is 24.4 Å². The van der Waals surface area contributed by atoms with Gasteiger partial charge < -0.3 is 19.8 Å². The van der Waals surface area contributed by atoms with Gasteiger partial charge in [-0.1, -0.05) is 45.0 Å². The topological polar surface area (TPSA) is 80.6 Å². The number of rotatable bonds is 7. The molecule has 0 aliphatic carbocycles. The van der Waals surface area contributed by atoms with E-state index in [4.69, 9.17) is 9.15 Å². The van der Waals surface area contributed by atoms with Crippen molar-refractivity contribution in [1.29, 1.82) is 0 Å². The number of hydrogen-bond donors (Lipinski definition) is 2. The lowest BCUT2D eigenvalue weighted by Crippen LogP contribution is -2.29. The zero-order valence-electron chi connectivity index (χ0n) is 18.3. The van der Waals surface area contributed by atoms with Crippen molar-refractivity contribution in [3.63, 3.8) is 0 Å². The summed E-state index contributed by atoms with van der Waals surface area (Å²) >= 11 is 0. The number of ether oxygens (including phenoxy) is 1. The molecule has 1 heterocycles. The van der Waals surface area contributed by atoms with E-state index in [1.807, 2.05) is 25.1 Å². The van der Waals surface area contributed by atoms with E-state index in [0.717, 1.165) is 11.3 Å². The molecule has 0 fully saturated rings. The van der Waals surface area contributed by atoms with E-state index in [1.165, 1.54) is 11.8 Å². The third kappa shape index (κ3) is 5.75. The average molecular weight is 421 g/mol. The van der Waals surface area contributed by atoms with Crippen LogP contribution in [0.1, 0.15) is 52.8 Å². The highest BCUT2D eigenvalue weighted by Crippen LogP contribution is 2.24. The molecule has 2 aromatic carbocycles. The first-order chi connectivity index (χ1) is 14.8. The van der Waals surface area contributed by atoms with Gasteiger partial charge in [-0.2, -0.15) is 0 Å². The van der Waals surface area contributed by atoms with E-state index in [9.17, 15) is 9.59 Å². The summed E-state index contributed by atoms with van der Waals surface area (Å²) in [7, 11) is 0. The fourth-order valence-electron chi connectivity index (χ4n) is 3.09. The van der Waals surface area contributed by atoms with Crippen LogP contribution < -0.4 is 15.4 Å². The third-order valence-corrected chi connectivity index (χ3v) is 4.88. The molecule has 3 aromatic rings. The Morgan fingerprint density at radius 2 is 1.71 bits per heavy atom. The fraction of sp³-hybridized carbons (Fsp3) is 0.280. The van der Waals surface area contributed by atoms with Gasteiger partial charge in [-0.15, -0.1) is 0 Å². The Balaban J connectivity index is 1.57. The van der Waals surface area contributed by atoms with Crippen molar-refractivity contribution in [3.8, 4) is 5.75 Å². The highest BCUT2D eigenvalue weighted by Gasteiger charge is 2.17. The number of nitrogens with one attached hydrogen (secondary N) is 2. The first kappa shape index (κ1) is 22.2. The number of aryl methyl sites for hydroxylation is 1. The second-order valence-electron chi connectivity index (χ2n) is 8.31. The molecule has 3 rings (SSSR count). The van der Waals surface area contributed by atoms with Gasteiger partial charge in [0.05, 0.1) is 24.1 Å². The summed E-state index contributed by atoms with van der Waals surface area (Å²) in [6.45, 7) is 8.98. The monoisotopic (exact) mass is 420 g/mol. The number of benzene rings is 2. The molecule has 0 aliphatic rings. The number of hydrogen-bond acceptors (Lipinski definition) is 4. The predicted octanol–water partition coefficient (Wildman–Crippen LogP) is 4.95. The number of anilines is 1. The zero-order valence-corrected chi connectivity index (χ0v) is 18.3. The Morgan fingerprint density at radius 3 is 2.35 bits per heavy atom. The van der Waals surface area contributed by atoms with Crippen LogP contribution in [-0.2, 0) is 5.41 Å². The number of para-hydroxylation sites is 1. The van der Waals surface area contributed by atoms with Crippen molar-refractivity contribution in [2.75, 3.05) is 18.5 Å². The third-order valence-electron chi connectivity index (χ3n) is 4.88. The minimum absolute atomic E-state index is 0.0877. The molecular weight excluding hydrogens is 392 g/mol. The standard InChI is InChI=1S/C25H28N2O4/c1-17-7-5-8-20(22(17)27-24(29)21-9-6-15-31-21)23(28)26-14-16-30-19-12-10-18(11-13-19)25(2,3)4/h5-13,15H,14,16H2,1-4H3,(H,26,28)(H,27,29). The largest absolute Gasteiger partial charge is 0.492 e. The van der Waals surface area contributed by atoms with Crippen LogP contribution in [0.2, 0.25) is 0 Å². The van der Waals surface area contributed by atoms with Crippen LogP contribution in [0.25, 0.3) is 0 Å². The lowest BCUT2D eigenvalue weighted by Gasteiger charge is -2.19. The number of furan rings is 1. The van der Waals surface area contributed by atoms with Gasteiger partial charge in [-0.25, -0.2) is 0 Å². The van der Waals surface area contributed by atoms with Gasteiger partial charge in [0.1, 0.15) is 12.4 Å². The average Bonchev–Trinajstić information content (AvgIpc) is 3.27. The number of amides is 2. The molecule has 0 saturated heterocycles. The summed E-state index contributed by atoms with van der Waals surface area (Å²) in [5.41, 5.74) is 2.94. The summed E-state index contributed by atoms with van der Waals surface area (Å²) in [5, 5.41) is 5.61. The highest BCUT2D eigenvalue weighted by atomic mass is 16.5. The molecule has 0 aliphatic heterocycles. The second kappa shape index (κ2) is 9.51. The fourth-order valence-corrected chi connectivity index (χ4v) is 3.09. The lowest BCUT2D eigenvalue weighted by molar-refractivity contribution is 0.0947. The van der Waals surface area contributed by atoms with Crippen molar-refractivity contribution in [2.45, 2.75) is 33.1 Å². The maximum Gasteiger partial charge on any atom is 0.291 e. The molecule has 0 bridgehead atoms. The normalized spacial score (nSPS) is 11.1. The van der Waals surface area contributed by atoms with Gasteiger partial charge in [-0.3, -0.25) is 9.59 Å². The number of carbonyl (C=O) groups is 2. The molecule has 0 saturated carbocycles. The maximum absolute atomic E-state index is 12.7. The van der Waals surface area contributed by atoms with Gasteiger partial charge in [-0.05, 0) is 53.8 Å². The minimum atomic E-state index is -0.407. The SMILES string of the molecule is Cc1cccc(C(=O)NCCOc2ccc(C(C)(C)C)cc2)c1NC(=O)c1ccco1. The summed E-state index contributed by atoms with van der Waals surface area (Å²) < 4.78 is 10.9. The molecule has 0 atom stereocenters. The molecule has 2 N–H and O–H groups in total. The van der Waals surface area contributed by atoms with Crippen LogP contribution in [0.4, 0.5) is 5.69 Å². The Hall–Kier alpha value is -3.54. The van der Waals surface area contributed by atoms with Crippen LogP contribution in [0, 0.1) is 6.92 Å². The van der Waals surface area contributed by atoms with Gasteiger partial charge in [0.2, 0.25) is 0 Å². The molecule has 0 unspecified atom stereocenters. The predicted molar refractivity (Wildman–Crippen MR) is 121 cm³/mol. The lowest BCUT2D eigenvalue weighted by atomic mass is 9.87. The molecule has 162 valence electrons. The zero-order chi connectivity index (χ0) is 22.4. The van der Waals surface area contributed by atoms with Crippen molar-refractivity contribution < 1.29 is 18.7 Å². The second-order valence-corrected chi connectivity index (χ2v) is 8.31. The van der Waals surface area contributed by atoms with Crippen LogP contribution in [-0.4, -0.2) is 25.0 Å². The highest BCUT2D eigenvalue weighted by molar-refractivity contribution is 6.08. The van der Waals surface area contributed by atoms with Gasteiger partial charge in [0.15, 0.2) is 5.76 Å². The van der Waals surface area contributed by atoms with Crippen molar-refractivity contribution in [1.82, 2.24) is 5.32 Å². The molecule has 6 nitrogen and oxygen atoms in total. The Kier molecular flexibility index (Phi) is 6.80.